The Hall–Kier alpha value is -1.21. The summed E-state index contributed by atoms with van der Waals surface area (Å²) >= 11 is 0. The van der Waals surface area contributed by atoms with Crippen molar-refractivity contribution in [3.8, 4) is 11.5 Å². The van der Waals surface area contributed by atoms with Crippen LogP contribution in [0.1, 0.15) is 0 Å². The first-order chi connectivity index (χ1) is 13.7. The molecule has 0 aromatic heterocycles. The molecule has 1 N–H and O–H groups in total. The largest absolute Gasteiger partial charge is 0.464 e. The van der Waals surface area contributed by atoms with Gasteiger partial charge in [-0.25, -0.2) is 0 Å². The van der Waals surface area contributed by atoms with Gasteiger partial charge in [0.05, 0.1) is 0 Å². The zero-order valence-corrected chi connectivity index (χ0v) is 19.4. The molecule has 25 heteroatoms. The molecule has 2 rings (SSSR count). The maximum Gasteiger partial charge on any atom is 0.464 e. The lowest BCUT2D eigenvalue weighted by Gasteiger charge is -2.13. The second kappa shape index (κ2) is 7.98. The molecule has 18 nitrogen and oxygen atoms in total. The van der Waals surface area contributed by atoms with Crippen molar-refractivity contribution in [3.05, 3.63) is 24.3 Å². The fourth-order valence-electron chi connectivity index (χ4n) is 1.56. The minimum Gasteiger partial charge on any atom is -0.357 e. The van der Waals surface area contributed by atoms with Crippen LogP contribution in [0.3, 0.4) is 0 Å². The maximum absolute atomic E-state index is 12.1. The minimum atomic E-state index is -6.64. The van der Waals surface area contributed by atoms with Crippen LogP contribution in [0.15, 0.2) is 24.3 Å². The predicted molar refractivity (Wildman–Crippen MR) is 94.0 cm³/mol. The van der Waals surface area contributed by atoms with Gasteiger partial charge in [-0.2, -0.15) is 50.5 Å². The highest BCUT2D eigenvalue weighted by molar-refractivity contribution is 9.04. The van der Waals surface area contributed by atoms with Crippen LogP contribution in [0.2, 0.25) is 0 Å². The molecule has 0 bridgehead atoms. The first-order valence-electron chi connectivity index (χ1n) is 6.30. The van der Waals surface area contributed by atoms with Crippen molar-refractivity contribution in [1.29, 1.82) is 0 Å². The van der Waals surface area contributed by atoms with Crippen LogP contribution in [-0.4, -0.2) is 55.1 Å². The van der Waals surface area contributed by atoms with Crippen LogP contribution in [0.4, 0.5) is 0 Å². The third-order valence-electron chi connectivity index (χ3n) is 2.29. The Balaban J connectivity index is 2.86. The molecule has 0 amide bonds. The quantitative estimate of drug-likeness (QED) is 0.296. The van der Waals surface area contributed by atoms with E-state index in [1.165, 1.54) is 0 Å². The Morgan fingerprint density at radius 2 is 1.10 bits per heavy atom. The monoisotopic (exact) mass is 588 g/mol. The number of hydrogen-bond acceptors (Lipinski definition) is 17. The molecule has 0 saturated carbocycles. The van der Waals surface area contributed by atoms with Crippen molar-refractivity contribution in [2.24, 2.45) is 0 Å². The zero-order valence-electron chi connectivity index (χ0n) is 13.6. The molecule has 0 fully saturated rings. The molecular weight excluding hydrogens is 583 g/mol. The molecule has 1 heterocycles. The van der Waals surface area contributed by atoms with Gasteiger partial charge in [0.1, 0.15) is 0 Å². The molecule has 0 aliphatic carbocycles. The van der Waals surface area contributed by atoms with E-state index < -0.39 is 77.4 Å². The van der Waals surface area contributed by atoms with Crippen molar-refractivity contribution < 1.29 is 74.3 Å². The van der Waals surface area contributed by atoms with E-state index >= 15 is 0 Å². The molecule has 0 radical (unpaired) electrons. The average Bonchev–Trinajstić information content (AvgIpc) is 2.41. The van der Waals surface area contributed by atoms with Crippen LogP contribution >= 0.6 is 5.53 Å². The van der Waals surface area contributed by atoms with E-state index in [-0.39, 0.29) is 0 Å². The predicted octanol–water partition coefficient (Wildman–Crippen LogP) is -1.98. The van der Waals surface area contributed by atoms with Gasteiger partial charge in [0.25, 0.3) is 0 Å². The fourth-order valence-corrected chi connectivity index (χ4v) is 21.8. The highest BCUT2D eigenvalue weighted by Crippen LogP contribution is 2.58. The number of fused-ring (bicyclic) bond motifs is 1. The van der Waals surface area contributed by atoms with Gasteiger partial charge in [-0.15, -0.1) is 10.9 Å². The summed E-state index contributed by atoms with van der Waals surface area (Å²) in [4.78, 5) is 0. The van der Waals surface area contributed by atoms with E-state index in [4.69, 9.17) is 4.55 Å². The zero-order chi connectivity index (χ0) is 24.1. The highest BCUT2D eigenvalue weighted by Gasteiger charge is 2.58. The first kappa shape index (κ1) is 26.0. The Morgan fingerprint density at radius 3 is 1.42 bits per heavy atom. The lowest BCUT2D eigenvalue weighted by Crippen LogP contribution is -2.25. The van der Waals surface area contributed by atoms with Gasteiger partial charge in [-0.3, -0.25) is 4.55 Å². The van der Waals surface area contributed by atoms with Gasteiger partial charge in [0.15, 0.2) is 11.5 Å². The summed E-state index contributed by atoms with van der Waals surface area (Å²) < 4.78 is 168. The SMILES string of the molecule is O=S(=O)(O)OS(=O)(=O)P1S(=O)(=O)OS(=O)(=O)Oc2ccccc2OS(=O)(=O)OS1(=O)=O. The van der Waals surface area contributed by atoms with E-state index in [0.717, 1.165) is 12.1 Å². The molecule has 178 valence electrons. The summed E-state index contributed by atoms with van der Waals surface area (Å²) in [5.74, 6) is -2.18. The minimum absolute atomic E-state index is 0.672. The number of benzene rings is 1. The Morgan fingerprint density at radius 1 is 0.742 bits per heavy atom. The molecule has 0 saturated heterocycles. The van der Waals surface area contributed by atoms with Crippen molar-refractivity contribution >= 4 is 65.9 Å². The van der Waals surface area contributed by atoms with Crippen molar-refractivity contribution in [2.45, 2.75) is 0 Å². The summed E-state index contributed by atoms with van der Waals surface area (Å²) in [6, 6.07) is 3.36. The second-order valence-electron chi connectivity index (χ2n) is 4.57. The van der Waals surface area contributed by atoms with Crippen molar-refractivity contribution in [3.63, 3.8) is 0 Å². The van der Waals surface area contributed by atoms with E-state index in [1.807, 2.05) is 0 Å². The van der Waals surface area contributed by atoms with E-state index in [2.05, 4.69) is 19.3 Å². The second-order valence-corrected chi connectivity index (χ2v) is 21.4. The molecule has 1 aliphatic heterocycles. The van der Waals surface area contributed by atoms with Crippen LogP contribution in [0.5, 0.6) is 11.5 Å². The highest BCUT2D eigenvalue weighted by atomic mass is 33.4. The maximum atomic E-state index is 12.1. The number of para-hydroxylation sites is 2. The lowest BCUT2D eigenvalue weighted by atomic mass is 10.3. The summed E-state index contributed by atoms with van der Waals surface area (Å²) in [6.07, 6.45) is 0. The van der Waals surface area contributed by atoms with Gasteiger partial charge in [-0.05, 0) is 12.1 Å². The number of hydrogen-bond donors (Lipinski definition) is 1. The van der Waals surface area contributed by atoms with E-state index in [1.54, 1.807) is 0 Å². The Labute approximate surface area is 175 Å². The van der Waals surface area contributed by atoms with Crippen molar-refractivity contribution in [1.82, 2.24) is 0 Å². The molecule has 0 unspecified atom stereocenters. The summed E-state index contributed by atoms with van der Waals surface area (Å²) in [5, 5.41) is 0. The number of rotatable bonds is 3. The standard InChI is InChI=1S/C6H5O18PS6/c7-26(8,9)22-29(14,15)25-30(16,17)23-27(10,11)20-5-3-1-2-4-6(5)21-28(12,13)24-31(25,18)19/h1-4H,(H,7,8,9). The molecule has 31 heavy (non-hydrogen) atoms. The molecule has 0 spiro atoms. The van der Waals surface area contributed by atoms with Gasteiger partial charge in [-0.1, -0.05) is 12.1 Å². The van der Waals surface area contributed by atoms with Gasteiger partial charge < -0.3 is 8.37 Å². The fraction of sp³-hybridized carbons (Fsp3) is 0. The molecular formula is C6H5O18PS6. The van der Waals surface area contributed by atoms with Crippen LogP contribution in [0, 0.1) is 0 Å². The Kier molecular flexibility index (Phi) is 6.70. The average molecular weight is 588 g/mol. The first-order valence-corrected chi connectivity index (χ1v) is 17.7. The van der Waals surface area contributed by atoms with Gasteiger partial charge in [0, 0.05) is 0 Å². The summed E-state index contributed by atoms with van der Waals surface area (Å²) in [7, 11) is -37.9. The van der Waals surface area contributed by atoms with E-state index in [9.17, 15) is 50.5 Å². The third-order valence-corrected chi connectivity index (χ3v) is 23.0. The van der Waals surface area contributed by atoms with Gasteiger partial charge in [0.2, 0.25) is 0 Å². The van der Waals surface area contributed by atoms with Crippen LogP contribution in [-0.2, 0) is 71.3 Å². The topological polar surface area (TPSA) is 271 Å². The van der Waals surface area contributed by atoms with Crippen molar-refractivity contribution in [2.75, 3.05) is 0 Å². The Bertz CT molecular complexity index is 1440. The van der Waals surface area contributed by atoms with Crippen LogP contribution in [0.25, 0.3) is 0 Å². The summed E-state index contributed by atoms with van der Waals surface area (Å²) in [6.45, 7) is 0. The third kappa shape index (κ3) is 6.64. The summed E-state index contributed by atoms with van der Waals surface area (Å²) in [5.41, 5.74) is -5.45. The van der Waals surface area contributed by atoms with Crippen LogP contribution < -0.4 is 8.37 Å². The normalized spacial score (nSPS) is 23.3. The van der Waals surface area contributed by atoms with E-state index in [0.29, 0.717) is 12.1 Å². The molecule has 0 atom stereocenters. The smallest absolute Gasteiger partial charge is 0.357 e. The van der Waals surface area contributed by atoms with Gasteiger partial charge >= 0.3 is 65.9 Å². The molecule has 1 aromatic carbocycles. The molecule has 1 aliphatic rings. The lowest BCUT2D eigenvalue weighted by molar-refractivity contribution is 0.371. The molecule has 1 aromatic rings.